The number of rotatable bonds is 9. The quantitative estimate of drug-likeness (QED) is 0.471. The zero-order chi connectivity index (χ0) is 23.3. The number of carbonyl (C=O) groups excluding carboxylic acids is 1. The highest BCUT2D eigenvalue weighted by Gasteiger charge is 2.22. The first-order chi connectivity index (χ1) is 15.2. The van der Waals surface area contributed by atoms with Crippen LogP contribution in [0.15, 0.2) is 65.1 Å². The van der Waals surface area contributed by atoms with Gasteiger partial charge in [-0.05, 0) is 48.1 Å². The highest BCUT2D eigenvalue weighted by atomic mass is 16.5. The van der Waals surface area contributed by atoms with Gasteiger partial charge < -0.3 is 19.6 Å². The predicted octanol–water partition coefficient (Wildman–Crippen LogP) is 5.42. The lowest BCUT2D eigenvalue weighted by atomic mass is 9.81. The molecule has 1 amide bonds. The molecule has 0 saturated carbocycles. The third-order valence-electron chi connectivity index (χ3n) is 6.17. The summed E-state index contributed by atoms with van der Waals surface area (Å²) in [6.07, 6.45) is 0.742. The van der Waals surface area contributed by atoms with E-state index < -0.39 is 12.1 Å². The van der Waals surface area contributed by atoms with Gasteiger partial charge in [-0.25, -0.2) is 0 Å². The fraction of sp³-hybridized carbons (Fsp3) is 0.370. The molecule has 0 spiro atoms. The highest BCUT2D eigenvalue weighted by Crippen LogP contribution is 2.32. The molecule has 2 aromatic carbocycles. The maximum absolute atomic E-state index is 12.7. The number of hydrogen-bond acceptors (Lipinski definition) is 4. The molecule has 3 rings (SSSR count). The lowest BCUT2D eigenvalue weighted by Crippen LogP contribution is -2.36. The number of amides is 1. The minimum absolute atomic E-state index is 0.0605. The van der Waals surface area contributed by atoms with Crippen molar-refractivity contribution >= 4 is 5.91 Å². The summed E-state index contributed by atoms with van der Waals surface area (Å²) in [7, 11) is 1.66. The molecule has 0 fully saturated rings. The van der Waals surface area contributed by atoms with Crippen LogP contribution in [0.2, 0.25) is 0 Å². The lowest BCUT2D eigenvalue weighted by Gasteiger charge is -2.24. The summed E-state index contributed by atoms with van der Waals surface area (Å²) in [5.74, 6) is 1.33. The van der Waals surface area contributed by atoms with Crippen LogP contribution in [0.4, 0.5) is 0 Å². The molecule has 1 heterocycles. The molecule has 0 aliphatic rings. The van der Waals surface area contributed by atoms with Crippen LogP contribution in [0.25, 0.3) is 0 Å². The Morgan fingerprint density at radius 2 is 1.84 bits per heavy atom. The third-order valence-corrected chi connectivity index (χ3v) is 6.17. The number of nitrogens with one attached hydrogen (secondary N) is 1. The van der Waals surface area contributed by atoms with Crippen LogP contribution in [0.3, 0.4) is 0 Å². The fourth-order valence-electron chi connectivity index (χ4n) is 3.62. The van der Waals surface area contributed by atoms with Gasteiger partial charge in [0.25, 0.3) is 5.91 Å². The SMILES string of the molecule is CCC(C)(C)c1ccc(OC)c(Cc2ccc(C(=O)NC(C)C(O)c3ccccc3)o2)c1. The molecule has 2 unspecified atom stereocenters. The van der Waals surface area contributed by atoms with Gasteiger partial charge in [-0.3, -0.25) is 4.79 Å². The maximum atomic E-state index is 12.7. The van der Waals surface area contributed by atoms with Crippen LogP contribution in [-0.2, 0) is 11.8 Å². The number of aliphatic hydroxyl groups is 1. The van der Waals surface area contributed by atoms with Crippen LogP contribution >= 0.6 is 0 Å². The van der Waals surface area contributed by atoms with Gasteiger partial charge in [0.05, 0.1) is 19.3 Å². The van der Waals surface area contributed by atoms with Crippen molar-refractivity contribution in [1.29, 1.82) is 0 Å². The predicted molar refractivity (Wildman–Crippen MR) is 126 cm³/mol. The van der Waals surface area contributed by atoms with Gasteiger partial charge in [-0.1, -0.05) is 63.2 Å². The van der Waals surface area contributed by atoms with Crippen LogP contribution in [0, 0.1) is 0 Å². The molecule has 2 N–H and O–H groups in total. The van der Waals surface area contributed by atoms with Crippen molar-refractivity contribution in [3.8, 4) is 5.75 Å². The van der Waals surface area contributed by atoms with E-state index in [2.05, 4.69) is 38.2 Å². The standard InChI is InChI=1S/C27H33NO4/c1-6-27(3,4)21-12-14-23(31-5)20(16-21)17-22-13-15-24(32-22)26(30)28-18(2)25(29)19-10-8-7-9-11-19/h7-16,18,25,29H,6,17H2,1-5H3,(H,28,30). The van der Waals surface area contributed by atoms with E-state index in [4.69, 9.17) is 9.15 Å². The Morgan fingerprint density at radius 3 is 2.50 bits per heavy atom. The van der Waals surface area contributed by atoms with E-state index in [0.717, 1.165) is 23.3 Å². The molecule has 170 valence electrons. The van der Waals surface area contributed by atoms with Gasteiger partial charge in [0.15, 0.2) is 5.76 Å². The van der Waals surface area contributed by atoms with Gasteiger partial charge in [0.2, 0.25) is 0 Å². The van der Waals surface area contributed by atoms with Crippen LogP contribution in [0.5, 0.6) is 5.75 Å². The van der Waals surface area contributed by atoms with Gasteiger partial charge in [0, 0.05) is 12.0 Å². The summed E-state index contributed by atoms with van der Waals surface area (Å²) < 4.78 is 11.4. The number of hydrogen-bond donors (Lipinski definition) is 2. The van der Waals surface area contributed by atoms with E-state index in [9.17, 15) is 9.90 Å². The molecule has 0 saturated heterocycles. The van der Waals surface area contributed by atoms with E-state index in [0.29, 0.717) is 12.2 Å². The fourth-order valence-corrected chi connectivity index (χ4v) is 3.62. The molecule has 5 nitrogen and oxygen atoms in total. The van der Waals surface area contributed by atoms with E-state index in [-0.39, 0.29) is 17.1 Å². The number of benzene rings is 2. The van der Waals surface area contributed by atoms with Crippen LogP contribution in [0.1, 0.15) is 73.2 Å². The summed E-state index contributed by atoms with van der Waals surface area (Å²) in [5, 5.41) is 13.3. The molecule has 0 aliphatic carbocycles. The van der Waals surface area contributed by atoms with Crippen molar-refractivity contribution < 1.29 is 19.1 Å². The summed E-state index contributed by atoms with van der Waals surface area (Å²) in [6, 6.07) is 18.5. The van der Waals surface area contributed by atoms with Crippen LogP contribution in [-0.4, -0.2) is 24.2 Å². The maximum Gasteiger partial charge on any atom is 0.287 e. The Kier molecular flexibility index (Phi) is 7.41. The summed E-state index contributed by atoms with van der Waals surface area (Å²) in [5.41, 5.74) is 3.07. The van der Waals surface area contributed by atoms with Gasteiger partial charge in [-0.2, -0.15) is 0 Å². The zero-order valence-electron chi connectivity index (χ0n) is 19.5. The molecule has 32 heavy (non-hydrogen) atoms. The molecule has 1 aromatic heterocycles. The molecule has 0 radical (unpaired) electrons. The molecular formula is C27H33NO4. The number of ether oxygens (including phenoxy) is 1. The normalized spacial score (nSPS) is 13.4. The average molecular weight is 436 g/mol. The Labute approximate surface area is 190 Å². The Bertz CT molecular complexity index is 1040. The first kappa shape index (κ1) is 23.6. The van der Waals surface area contributed by atoms with Crippen molar-refractivity contribution in [2.45, 2.75) is 58.1 Å². The van der Waals surface area contributed by atoms with E-state index in [1.807, 2.05) is 42.5 Å². The molecule has 5 heteroatoms. The number of carbonyl (C=O) groups is 1. The van der Waals surface area contributed by atoms with Crippen molar-refractivity contribution in [3.05, 3.63) is 88.9 Å². The lowest BCUT2D eigenvalue weighted by molar-refractivity contribution is 0.0824. The summed E-state index contributed by atoms with van der Waals surface area (Å²) in [6.45, 7) is 8.39. The highest BCUT2D eigenvalue weighted by molar-refractivity contribution is 5.91. The second-order valence-electron chi connectivity index (χ2n) is 8.82. The first-order valence-electron chi connectivity index (χ1n) is 11.0. The summed E-state index contributed by atoms with van der Waals surface area (Å²) in [4.78, 5) is 12.7. The van der Waals surface area contributed by atoms with Gasteiger partial charge >= 0.3 is 0 Å². The smallest absolute Gasteiger partial charge is 0.287 e. The average Bonchev–Trinajstić information content (AvgIpc) is 3.27. The van der Waals surface area contributed by atoms with Gasteiger partial charge in [-0.15, -0.1) is 0 Å². The van der Waals surface area contributed by atoms with E-state index >= 15 is 0 Å². The summed E-state index contributed by atoms with van der Waals surface area (Å²) >= 11 is 0. The van der Waals surface area contributed by atoms with Crippen molar-refractivity contribution in [2.75, 3.05) is 7.11 Å². The number of furan rings is 1. The van der Waals surface area contributed by atoms with Crippen LogP contribution < -0.4 is 10.1 Å². The minimum atomic E-state index is -0.802. The molecular weight excluding hydrogens is 402 g/mol. The largest absolute Gasteiger partial charge is 0.496 e. The Hall–Kier alpha value is -3.05. The molecule has 0 bridgehead atoms. The topological polar surface area (TPSA) is 71.7 Å². The minimum Gasteiger partial charge on any atom is -0.496 e. The molecule has 0 aliphatic heterocycles. The third kappa shape index (κ3) is 5.40. The number of methoxy groups -OCH3 is 1. The zero-order valence-corrected chi connectivity index (χ0v) is 19.5. The molecule has 3 aromatic rings. The van der Waals surface area contributed by atoms with Crippen molar-refractivity contribution in [3.63, 3.8) is 0 Å². The Morgan fingerprint density at radius 1 is 1.12 bits per heavy atom. The molecule has 2 atom stereocenters. The number of aliphatic hydroxyl groups excluding tert-OH is 1. The second kappa shape index (κ2) is 10.0. The second-order valence-corrected chi connectivity index (χ2v) is 8.82. The first-order valence-corrected chi connectivity index (χ1v) is 11.0. The van der Waals surface area contributed by atoms with Crippen molar-refractivity contribution in [2.24, 2.45) is 0 Å². The van der Waals surface area contributed by atoms with Crippen molar-refractivity contribution in [1.82, 2.24) is 5.32 Å². The monoisotopic (exact) mass is 435 g/mol. The van der Waals surface area contributed by atoms with E-state index in [1.54, 1.807) is 20.1 Å². The Balaban J connectivity index is 1.72. The van der Waals surface area contributed by atoms with E-state index in [1.165, 1.54) is 5.56 Å². The van der Waals surface area contributed by atoms with Gasteiger partial charge in [0.1, 0.15) is 11.5 Å².